The highest BCUT2D eigenvalue weighted by atomic mass is 19.2. The molecule has 0 saturated carbocycles. The number of aldehydes is 1. The van der Waals surface area contributed by atoms with Crippen LogP contribution in [0.25, 0.3) is 16.8 Å². The van der Waals surface area contributed by atoms with E-state index in [4.69, 9.17) is 0 Å². The van der Waals surface area contributed by atoms with Gasteiger partial charge in [0.25, 0.3) is 0 Å². The Bertz CT molecular complexity index is 1370. The van der Waals surface area contributed by atoms with E-state index in [1.165, 1.54) is 4.57 Å². The van der Waals surface area contributed by atoms with Crippen LogP contribution in [0.4, 0.5) is 25.8 Å². The predicted octanol–water partition coefficient (Wildman–Crippen LogP) is 7.70. The Labute approximate surface area is 196 Å². The fraction of sp³-hybridized carbons (Fsp3) is 0. The van der Waals surface area contributed by atoms with Gasteiger partial charge in [-0.25, -0.2) is 8.78 Å². The normalized spacial score (nSPS) is 10.8. The summed E-state index contributed by atoms with van der Waals surface area (Å²) in [6.07, 6.45) is 1.29. The molecular weight excluding hydrogens is 430 g/mol. The third-order valence-electron chi connectivity index (χ3n) is 5.68. The monoisotopic (exact) mass is 450 g/mol. The average Bonchev–Trinajstić information content (AvgIpc) is 3.19. The zero-order valence-electron chi connectivity index (χ0n) is 18.1. The second-order valence-electron chi connectivity index (χ2n) is 7.76. The van der Waals surface area contributed by atoms with Crippen molar-refractivity contribution in [3.8, 4) is 16.8 Å². The molecule has 0 saturated heterocycles. The lowest BCUT2D eigenvalue weighted by Crippen LogP contribution is -2.09. The predicted molar refractivity (Wildman–Crippen MR) is 131 cm³/mol. The zero-order chi connectivity index (χ0) is 23.5. The number of benzene rings is 4. The largest absolute Gasteiger partial charge is 0.311 e. The van der Waals surface area contributed by atoms with Crippen molar-refractivity contribution in [2.75, 3.05) is 4.90 Å². The standard InChI is InChI=1S/C29H20F2N2O/c30-27-19-32(28(20-34)29(27)31)23-15-11-21(12-16-23)22-13-17-26(18-14-22)33(24-7-3-1-4-8-24)25-9-5-2-6-10-25/h1-20H. The number of rotatable bonds is 6. The number of nitrogens with zero attached hydrogens (tertiary/aromatic N) is 2. The van der Waals surface area contributed by atoms with E-state index in [-0.39, 0.29) is 5.69 Å². The highest BCUT2D eigenvalue weighted by molar-refractivity contribution is 5.78. The first-order chi connectivity index (χ1) is 16.7. The third-order valence-corrected chi connectivity index (χ3v) is 5.68. The molecule has 0 N–H and O–H groups in total. The maximum atomic E-state index is 13.8. The van der Waals surface area contributed by atoms with Crippen LogP contribution in [0.15, 0.2) is 115 Å². The molecule has 3 nitrogen and oxygen atoms in total. The van der Waals surface area contributed by atoms with Crippen LogP contribution in [-0.4, -0.2) is 10.9 Å². The Hall–Kier alpha value is -4.51. The van der Waals surface area contributed by atoms with E-state index in [9.17, 15) is 13.6 Å². The van der Waals surface area contributed by atoms with Gasteiger partial charge in [0, 0.05) is 28.9 Å². The number of anilines is 3. The minimum atomic E-state index is -1.14. The first kappa shape index (κ1) is 21.3. The summed E-state index contributed by atoms with van der Waals surface area (Å²) < 4.78 is 28.6. The molecule has 5 rings (SSSR count). The Kier molecular flexibility index (Phi) is 5.75. The van der Waals surface area contributed by atoms with Crippen molar-refractivity contribution >= 4 is 23.3 Å². The molecule has 0 unspecified atom stereocenters. The van der Waals surface area contributed by atoms with Crippen molar-refractivity contribution in [1.82, 2.24) is 4.57 Å². The van der Waals surface area contributed by atoms with Gasteiger partial charge >= 0.3 is 0 Å². The Balaban J connectivity index is 1.46. The number of aromatic nitrogens is 1. The van der Waals surface area contributed by atoms with Gasteiger partial charge in [-0.2, -0.15) is 0 Å². The quantitative estimate of drug-likeness (QED) is 0.248. The van der Waals surface area contributed by atoms with Crippen LogP contribution >= 0.6 is 0 Å². The molecule has 1 heterocycles. The summed E-state index contributed by atoms with van der Waals surface area (Å²) in [5.41, 5.74) is 5.25. The summed E-state index contributed by atoms with van der Waals surface area (Å²) in [5.74, 6) is -2.20. The maximum Gasteiger partial charge on any atom is 0.187 e. The van der Waals surface area contributed by atoms with Crippen LogP contribution in [0.1, 0.15) is 10.5 Å². The first-order valence-corrected chi connectivity index (χ1v) is 10.8. The van der Waals surface area contributed by atoms with E-state index in [1.54, 1.807) is 12.1 Å². The van der Waals surface area contributed by atoms with Crippen molar-refractivity contribution in [1.29, 1.82) is 0 Å². The second-order valence-corrected chi connectivity index (χ2v) is 7.76. The van der Waals surface area contributed by atoms with Crippen molar-refractivity contribution in [3.05, 3.63) is 133 Å². The Morgan fingerprint density at radius 3 is 1.59 bits per heavy atom. The molecule has 0 fully saturated rings. The van der Waals surface area contributed by atoms with Crippen molar-refractivity contribution in [2.24, 2.45) is 0 Å². The van der Waals surface area contributed by atoms with Gasteiger partial charge < -0.3 is 9.47 Å². The van der Waals surface area contributed by atoms with E-state index in [0.29, 0.717) is 12.0 Å². The molecule has 0 atom stereocenters. The number of halogens is 2. The smallest absolute Gasteiger partial charge is 0.187 e. The second kappa shape index (κ2) is 9.16. The molecule has 0 radical (unpaired) electrons. The fourth-order valence-corrected chi connectivity index (χ4v) is 4.01. The molecule has 4 aromatic carbocycles. The highest BCUT2D eigenvalue weighted by Crippen LogP contribution is 2.35. The van der Waals surface area contributed by atoms with Crippen LogP contribution in [0.2, 0.25) is 0 Å². The lowest BCUT2D eigenvalue weighted by atomic mass is 10.0. The highest BCUT2D eigenvalue weighted by Gasteiger charge is 2.16. The van der Waals surface area contributed by atoms with Gasteiger partial charge in [0.15, 0.2) is 17.9 Å². The minimum absolute atomic E-state index is 0.316. The van der Waals surface area contributed by atoms with E-state index in [0.717, 1.165) is 34.4 Å². The molecule has 5 heteroatoms. The fourth-order valence-electron chi connectivity index (χ4n) is 4.01. The van der Waals surface area contributed by atoms with Crippen molar-refractivity contribution in [3.63, 3.8) is 0 Å². The van der Waals surface area contributed by atoms with Crippen LogP contribution in [0.3, 0.4) is 0 Å². The lowest BCUT2D eigenvalue weighted by Gasteiger charge is -2.25. The topological polar surface area (TPSA) is 25.2 Å². The van der Waals surface area contributed by atoms with E-state index in [1.807, 2.05) is 60.7 Å². The van der Waals surface area contributed by atoms with Gasteiger partial charge in [0.05, 0.1) is 0 Å². The molecule has 34 heavy (non-hydrogen) atoms. The van der Waals surface area contributed by atoms with E-state index < -0.39 is 11.6 Å². The summed E-state index contributed by atoms with van der Waals surface area (Å²) in [6, 6.07) is 35.7. The van der Waals surface area contributed by atoms with Gasteiger partial charge in [-0.3, -0.25) is 4.79 Å². The Morgan fingerprint density at radius 1 is 0.618 bits per heavy atom. The zero-order valence-corrected chi connectivity index (χ0v) is 18.1. The van der Waals surface area contributed by atoms with Crippen LogP contribution in [0, 0.1) is 11.6 Å². The summed E-state index contributed by atoms with van der Waals surface area (Å²) >= 11 is 0. The average molecular weight is 450 g/mol. The van der Waals surface area contributed by atoms with Gasteiger partial charge in [0.1, 0.15) is 5.69 Å². The molecular formula is C29H20F2N2O. The van der Waals surface area contributed by atoms with Gasteiger partial charge in [-0.1, -0.05) is 60.7 Å². The van der Waals surface area contributed by atoms with E-state index in [2.05, 4.69) is 41.3 Å². The van der Waals surface area contributed by atoms with Crippen LogP contribution < -0.4 is 4.90 Å². The summed E-state index contributed by atoms with van der Waals surface area (Å²) in [5, 5.41) is 0. The number of hydrogen-bond acceptors (Lipinski definition) is 2. The molecule has 5 aromatic rings. The van der Waals surface area contributed by atoms with Crippen LogP contribution in [-0.2, 0) is 0 Å². The maximum absolute atomic E-state index is 13.8. The first-order valence-electron chi connectivity index (χ1n) is 10.8. The molecule has 0 amide bonds. The van der Waals surface area contributed by atoms with Gasteiger partial charge in [-0.15, -0.1) is 0 Å². The number of para-hydroxylation sites is 2. The van der Waals surface area contributed by atoms with Crippen LogP contribution in [0.5, 0.6) is 0 Å². The summed E-state index contributed by atoms with van der Waals surface area (Å²) in [6.45, 7) is 0. The van der Waals surface area contributed by atoms with Gasteiger partial charge in [-0.05, 0) is 59.7 Å². The van der Waals surface area contributed by atoms with Crippen molar-refractivity contribution < 1.29 is 13.6 Å². The number of carbonyl (C=O) groups excluding carboxylic acids is 1. The third kappa shape index (κ3) is 3.99. The van der Waals surface area contributed by atoms with Gasteiger partial charge in [0.2, 0.25) is 0 Å². The summed E-state index contributed by atoms with van der Waals surface area (Å²) in [7, 11) is 0. The molecule has 166 valence electrons. The lowest BCUT2D eigenvalue weighted by molar-refractivity contribution is 0.111. The molecule has 1 aromatic heterocycles. The number of carbonyl (C=O) groups is 1. The molecule has 0 spiro atoms. The van der Waals surface area contributed by atoms with E-state index >= 15 is 0 Å². The van der Waals surface area contributed by atoms with Crippen molar-refractivity contribution in [2.45, 2.75) is 0 Å². The molecule has 0 aliphatic carbocycles. The molecule has 0 aliphatic heterocycles. The molecule has 0 aliphatic rings. The number of hydrogen-bond donors (Lipinski definition) is 0. The Morgan fingerprint density at radius 2 is 1.09 bits per heavy atom. The SMILES string of the molecule is O=Cc1c(F)c(F)cn1-c1ccc(-c2ccc(N(c3ccccc3)c3ccccc3)cc2)cc1. The summed E-state index contributed by atoms with van der Waals surface area (Å²) in [4.78, 5) is 13.4. The molecule has 0 bridgehead atoms. The minimum Gasteiger partial charge on any atom is -0.311 e.